The monoisotopic (exact) mass is 215 g/mol. The maximum Gasteiger partial charge on any atom is 0.223 e. The summed E-state index contributed by atoms with van der Waals surface area (Å²) in [5.41, 5.74) is 0.593. The fourth-order valence-electron chi connectivity index (χ4n) is 1.02. The lowest BCUT2D eigenvalue weighted by Gasteiger charge is -2.04. The summed E-state index contributed by atoms with van der Waals surface area (Å²) >= 11 is 5.57. The van der Waals surface area contributed by atoms with E-state index in [4.69, 9.17) is 16.3 Å². The molecule has 1 N–H and O–H groups in total. The molecule has 1 heterocycles. The van der Waals surface area contributed by atoms with Crippen LogP contribution in [0.2, 0.25) is 0 Å². The predicted octanol–water partition coefficient (Wildman–Crippen LogP) is 2.29. The highest BCUT2D eigenvalue weighted by Gasteiger charge is 2.00. The number of H-pyrrole nitrogens is 1. The van der Waals surface area contributed by atoms with E-state index in [1.165, 1.54) is 6.07 Å². The van der Waals surface area contributed by atoms with Gasteiger partial charge in [-0.05, 0) is 6.42 Å². The van der Waals surface area contributed by atoms with E-state index < -0.39 is 0 Å². The Balaban J connectivity index is 2.64. The number of pyridine rings is 1. The van der Waals surface area contributed by atoms with Crippen molar-refractivity contribution in [2.24, 2.45) is 0 Å². The van der Waals surface area contributed by atoms with E-state index in [-0.39, 0.29) is 5.43 Å². The molecular weight excluding hydrogens is 202 g/mol. The van der Waals surface area contributed by atoms with E-state index in [2.05, 4.69) is 11.9 Å². The van der Waals surface area contributed by atoms with Gasteiger partial charge in [0.1, 0.15) is 0 Å². The van der Waals surface area contributed by atoms with Crippen molar-refractivity contribution in [3.05, 3.63) is 28.2 Å². The summed E-state index contributed by atoms with van der Waals surface area (Å²) in [6, 6.07) is 1.47. The van der Waals surface area contributed by atoms with Crippen LogP contribution < -0.4 is 10.2 Å². The number of alkyl halides is 1. The molecule has 14 heavy (non-hydrogen) atoms. The van der Waals surface area contributed by atoms with E-state index >= 15 is 0 Å². The van der Waals surface area contributed by atoms with E-state index in [0.717, 1.165) is 12.8 Å². The van der Waals surface area contributed by atoms with Gasteiger partial charge in [0.25, 0.3) is 0 Å². The van der Waals surface area contributed by atoms with Crippen LogP contribution in [0.1, 0.15) is 25.5 Å². The first kappa shape index (κ1) is 11.1. The van der Waals surface area contributed by atoms with Crippen molar-refractivity contribution in [2.75, 3.05) is 6.61 Å². The molecule has 0 aliphatic heterocycles. The third-order valence-electron chi connectivity index (χ3n) is 1.84. The Morgan fingerprint density at radius 2 is 2.36 bits per heavy atom. The lowest BCUT2D eigenvalue weighted by molar-refractivity contribution is 0.305. The van der Waals surface area contributed by atoms with Crippen LogP contribution >= 0.6 is 11.6 Å². The van der Waals surface area contributed by atoms with Crippen molar-refractivity contribution in [3.63, 3.8) is 0 Å². The average molecular weight is 216 g/mol. The lowest BCUT2D eigenvalue weighted by atomic mass is 10.3. The zero-order chi connectivity index (χ0) is 10.4. The second-order valence-electron chi connectivity index (χ2n) is 3.02. The standard InChI is InChI=1S/C10H14ClNO2/c1-2-3-4-14-10-7-12-8(6-11)5-9(10)13/h5,7H,2-4,6H2,1H3,(H,12,13). The zero-order valence-corrected chi connectivity index (χ0v) is 8.93. The molecule has 0 fully saturated rings. The van der Waals surface area contributed by atoms with Crippen LogP contribution in [-0.4, -0.2) is 11.6 Å². The third-order valence-corrected chi connectivity index (χ3v) is 2.12. The smallest absolute Gasteiger partial charge is 0.223 e. The molecule has 0 aliphatic carbocycles. The molecule has 78 valence electrons. The minimum absolute atomic E-state index is 0.115. The molecule has 1 aromatic heterocycles. The maximum atomic E-state index is 11.4. The van der Waals surface area contributed by atoms with Gasteiger partial charge in [-0.3, -0.25) is 4.79 Å². The number of aromatic amines is 1. The second-order valence-corrected chi connectivity index (χ2v) is 3.29. The van der Waals surface area contributed by atoms with E-state index in [9.17, 15) is 4.79 Å². The van der Waals surface area contributed by atoms with Crippen LogP contribution in [0.3, 0.4) is 0 Å². The largest absolute Gasteiger partial charge is 0.488 e. The highest BCUT2D eigenvalue weighted by Crippen LogP contribution is 2.04. The van der Waals surface area contributed by atoms with Gasteiger partial charge in [0.15, 0.2) is 5.75 Å². The molecule has 1 aromatic rings. The summed E-state index contributed by atoms with van der Waals surface area (Å²) in [5.74, 6) is 0.678. The van der Waals surface area contributed by atoms with Gasteiger partial charge in [-0.2, -0.15) is 0 Å². The van der Waals surface area contributed by atoms with Crippen LogP contribution in [0, 0.1) is 0 Å². The fraction of sp³-hybridized carbons (Fsp3) is 0.500. The molecule has 0 aliphatic rings. The first-order chi connectivity index (χ1) is 6.77. The molecule has 0 saturated carbocycles. The topological polar surface area (TPSA) is 42.1 Å². The molecule has 0 bridgehead atoms. The predicted molar refractivity (Wildman–Crippen MR) is 57.0 cm³/mol. The Morgan fingerprint density at radius 3 is 2.93 bits per heavy atom. The number of aromatic nitrogens is 1. The number of ether oxygens (including phenoxy) is 1. The van der Waals surface area contributed by atoms with Gasteiger partial charge in [0.2, 0.25) is 5.43 Å². The molecule has 0 aromatic carbocycles. The molecule has 0 amide bonds. The van der Waals surface area contributed by atoms with Gasteiger partial charge in [-0.15, -0.1) is 11.6 Å². The van der Waals surface area contributed by atoms with Gasteiger partial charge >= 0.3 is 0 Å². The van der Waals surface area contributed by atoms with Gasteiger partial charge in [-0.25, -0.2) is 0 Å². The molecule has 3 nitrogen and oxygen atoms in total. The van der Waals surface area contributed by atoms with Crippen LogP contribution in [0.5, 0.6) is 5.75 Å². The van der Waals surface area contributed by atoms with Gasteiger partial charge in [0.05, 0.1) is 12.5 Å². The quantitative estimate of drug-likeness (QED) is 0.605. The Hall–Kier alpha value is -0.960. The molecule has 0 saturated heterocycles. The van der Waals surface area contributed by atoms with Crippen LogP contribution in [0.4, 0.5) is 0 Å². The third kappa shape index (κ3) is 3.07. The van der Waals surface area contributed by atoms with Crippen LogP contribution in [0.25, 0.3) is 0 Å². The van der Waals surface area contributed by atoms with E-state index in [1.54, 1.807) is 6.20 Å². The normalized spacial score (nSPS) is 10.1. The fourth-order valence-corrected chi connectivity index (χ4v) is 1.17. The molecule has 0 unspecified atom stereocenters. The highest BCUT2D eigenvalue weighted by atomic mass is 35.5. The number of nitrogens with one attached hydrogen (secondary N) is 1. The van der Waals surface area contributed by atoms with Crippen molar-refractivity contribution in [1.29, 1.82) is 0 Å². The van der Waals surface area contributed by atoms with E-state index in [0.29, 0.717) is 23.9 Å². The Morgan fingerprint density at radius 1 is 1.57 bits per heavy atom. The average Bonchev–Trinajstić information content (AvgIpc) is 2.20. The van der Waals surface area contributed by atoms with Crippen molar-refractivity contribution >= 4 is 11.6 Å². The van der Waals surface area contributed by atoms with Crippen molar-refractivity contribution in [1.82, 2.24) is 4.98 Å². The number of halogens is 1. The first-order valence-corrected chi connectivity index (χ1v) is 5.21. The summed E-state index contributed by atoms with van der Waals surface area (Å²) in [5, 5.41) is 0. The molecule has 4 heteroatoms. The number of rotatable bonds is 5. The Labute approximate surface area is 88.1 Å². The number of unbranched alkanes of at least 4 members (excludes halogenated alkanes) is 1. The van der Waals surface area contributed by atoms with Crippen molar-refractivity contribution in [2.45, 2.75) is 25.6 Å². The van der Waals surface area contributed by atoms with Gasteiger partial charge in [-0.1, -0.05) is 13.3 Å². The lowest BCUT2D eigenvalue weighted by Crippen LogP contribution is -2.09. The summed E-state index contributed by atoms with van der Waals surface area (Å²) in [7, 11) is 0. The van der Waals surface area contributed by atoms with Crippen LogP contribution in [-0.2, 0) is 5.88 Å². The summed E-state index contributed by atoms with van der Waals surface area (Å²) in [6.45, 7) is 2.66. The zero-order valence-electron chi connectivity index (χ0n) is 8.18. The molecule has 0 atom stereocenters. The SMILES string of the molecule is CCCCOc1c[nH]c(CCl)cc1=O. The minimum Gasteiger partial charge on any atom is -0.488 e. The van der Waals surface area contributed by atoms with Crippen molar-refractivity contribution in [3.8, 4) is 5.75 Å². The molecule has 1 rings (SSSR count). The van der Waals surface area contributed by atoms with Gasteiger partial charge in [0, 0.05) is 18.0 Å². The first-order valence-electron chi connectivity index (χ1n) is 4.68. The van der Waals surface area contributed by atoms with Crippen molar-refractivity contribution < 1.29 is 4.74 Å². The molecular formula is C10H14ClNO2. The maximum absolute atomic E-state index is 11.4. The Kier molecular flexibility index (Phi) is 4.53. The number of hydrogen-bond donors (Lipinski definition) is 1. The minimum atomic E-state index is -0.115. The van der Waals surface area contributed by atoms with E-state index in [1.807, 2.05) is 0 Å². The summed E-state index contributed by atoms with van der Waals surface area (Å²) in [6.07, 6.45) is 3.57. The highest BCUT2D eigenvalue weighted by molar-refractivity contribution is 6.16. The summed E-state index contributed by atoms with van der Waals surface area (Å²) < 4.78 is 5.29. The Bertz CT molecular complexity index is 335. The molecule has 0 radical (unpaired) electrons. The molecule has 0 spiro atoms. The van der Waals surface area contributed by atoms with Gasteiger partial charge < -0.3 is 9.72 Å². The summed E-state index contributed by atoms with van der Waals surface area (Å²) in [4.78, 5) is 14.3. The second kappa shape index (κ2) is 5.70. The van der Waals surface area contributed by atoms with Crippen LogP contribution in [0.15, 0.2) is 17.1 Å². The number of hydrogen-bond acceptors (Lipinski definition) is 2.